The molecule has 1 aliphatic carbocycles. The summed E-state index contributed by atoms with van der Waals surface area (Å²) in [6.07, 6.45) is -0.0727. The van der Waals surface area contributed by atoms with Crippen molar-refractivity contribution in [2.75, 3.05) is 19.8 Å². The zero-order valence-corrected chi connectivity index (χ0v) is 6.93. The van der Waals surface area contributed by atoms with E-state index in [2.05, 4.69) is 0 Å². The van der Waals surface area contributed by atoms with Crippen molar-refractivity contribution in [3.63, 3.8) is 0 Å². The van der Waals surface area contributed by atoms with Gasteiger partial charge in [0, 0.05) is 31.7 Å². The number of aliphatic hydroxyl groups is 4. The van der Waals surface area contributed by atoms with Gasteiger partial charge in [-0.05, 0) is 12.3 Å². The van der Waals surface area contributed by atoms with Crippen LogP contribution < -0.4 is 0 Å². The van der Waals surface area contributed by atoms with Crippen molar-refractivity contribution in [3.8, 4) is 0 Å². The molecular weight excluding hydrogens is 160 g/mol. The van der Waals surface area contributed by atoms with Crippen molar-refractivity contribution in [1.29, 1.82) is 0 Å². The van der Waals surface area contributed by atoms with Crippen molar-refractivity contribution in [2.45, 2.75) is 12.5 Å². The fourth-order valence-electron chi connectivity index (χ4n) is 1.98. The summed E-state index contributed by atoms with van der Waals surface area (Å²) in [5.41, 5.74) is 0. The molecule has 0 aromatic carbocycles. The minimum absolute atomic E-state index is 0.0290. The molecule has 0 heterocycles. The number of hydrogen-bond donors (Lipinski definition) is 4. The van der Waals surface area contributed by atoms with Crippen LogP contribution in [0.25, 0.3) is 0 Å². The van der Waals surface area contributed by atoms with Gasteiger partial charge in [-0.3, -0.25) is 0 Å². The summed E-state index contributed by atoms with van der Waals surface area (Å²) in [6, 6.07) is 0. The van der Waals surface area contributed by atoms with Gasteiger partial charge in [0.15, 0.2) is 0 Å². The second-order valence-electron chi connectivity index (χ2n) is 3.46. The Morgan fingerprint density at radius 3 is 1.83 bits per heavy atom. The van der Waals surface area contributed by atoms with Gasteiger partial charge in [-0.25, -0.2) is 0 Å². The molecule has 0 aliphatic heterocycles. The minimum atomic E-state index is -0.669. The highest BCUT2D eigenvalue weighted by Crippen LogP contribution is 2.35. The molecule has 4 atom stereocenters. The predicted octanol–water partition coefficient (Wildman–Crippen LogP) is -1.42. The van der Waals surface area contributed by atoms with Crippen LogP contribution in [0.3, 0.4) is 0 Å². The lowest BCUT2D eigenvalue weighted by molar-refractivity contribution is 0.0267. The maximum Gasteiger partial charge on any atom is 0.0643 e. The Balaban J connectivity index is 2.58. The molecule has 1 aliphatic rings. The van der Waals surface area contributed by atoms with Crippen LogP contribution in [0.15, 0.2) is 0 Å². The molecule has 1 fully saturated rings. The predicted molar refractivity (Wildman–Crippen MR) is 42.4 cm³/mol. The van der Waals surface area contributed by atoms with E-state index in [0.29, 0.717) is 6.42 Å². The number of rotatable bonds is 3. The third kappa shape index (κ3) is 1.61. The fraction of sp³-hybridized carbons (Fsp3) is 1.00. The second kappa shape index (κ2) is 4.18. The van der Waals surface area contributed by atoms with Gasteiger partial charge in [0.25, 0.3) is 0 Å². The van der Waals surface area contributed by atoms with Crippen LogP contribution in [-0.2, 0) is 0 Å². The van der Waals surface area contributed by atoms with Gasteiger partial charge < -0.3 is 20.4 Å². The minimum Gasteiger partial charge on any atom is -0.396 e. The molecule has 0 bridgehead atoms. The molecule has 4 N–H and O–H groups in total. The summed E-state index contributed by atoms with van der Waals surface area (Å²) < 4.78 is 0. The fourth-order valence-corrected chi connectivity index (χ4v) is 1.98. The summed E-state index contributed by atoms with van der Waals surface area (Å²) in [7, 11) is 0. The standard InChI is InChI=1S/C8H16O4/c9-2-5-1-6(3-10)8(12)7(5)4-11/h5-12H,1-4H2/t5-,6-,7+,8?/m1/s1. The lowest BCUT2D eigenvalue weighted by atomic mass is 9.96. The van der Waals surface area contributed by atoms with Crippen LogP contribution in [0.4, 0.5) is 0 Å². The zero-order chi connectivity index (χ0) is 9.14. The maximum absolute atomic E-state index is 9.52. The van der Waals surface area contributed by atoms with E-state index in [4.69, 9.17) is 15.3 Å². The average molecular weight is 176 g/mol. The number of hydrogen-bond acceptors (Lipinski definition) is 4. The molecule has 1 unspecified atom stereocenters. The summed E-state index contributed by atoms with van der Waals surface area (Å²) in [4.78, 5) is 0. The summed E-state index contributed by atoms with van der Waals surface area (Å²) in [5.74, 6) is -0.520. The van der Waals surface area contributed by atoms with E-state index in [1.807, 2.05) is 0 Å². The Bertz CT molecular complexity index is 137. The first kappa shape index (κ1) is 9.92. The Morgan fingerprint density at radius 1 is 0.917 bits per heavy atom. The van der Waals surface area contributed by atoms with Gasteiger partial charge in [0.1, 0.15) is 0 Å². The van der Waals surface area contributed by atoms with Crippen LogP contribution in [0.5, 0.6) is 0 Å². The van der Waals surface area contributed by atoms with E-state index in [1.54, 1.807) is 0 Å². The quantitative estimate of drug-likeness (QED) is 0.425. The van der Waals surface area contributed by atoms with E-state index in [0.717, 1.165) is 0 Å². The van der Waals surface area contributed by atoms with Crippen LogP contribution >= 0.6 is 0 Å². The first-order chi connectivity index (χ1) is 5.74. The van der Waals surface area contributed by atoms with E-state index in [9.17, 15) is 5.11 Å². The van der Waals surface area contributed by atoms with Gasteiger partial charge in [-0.15, -0.1) is 0 Å². The molecule has 0 spiro atoms. The van der Waals surface area contributed by atoms with Gasteiger partial charge in [0.2, 0.25) is 0 Å². The highest BCUT2D eigenvalue weighted by atomic mass is 16.3. The van der Waals surface area contributed by atoms with E-state index in [1.165, 1.54) is 0 Å². The van der Waals surface area contributed by atoms with E-state index < -0.39 is 6.10 Å². The monoisotopic (exact) mass is 176 g/mol. The molecule has 12 heavy (non-hydrogen) atoms. The van der Waals surface area contributed by atoms with E-state index >= 15 is 0 Å². The van der Waals surface area contributed by atoms with Gasteiger partial charge in [-0.2, -0.15) is 0 Å². The number of aliphatic hydroxyl groups excluding tert-OH is 4. The topological polar surface area (TPSA) is 80.9 Å². The normalized spacial score (nSPS) is 42.0. The molecule has 1 rings (SSSR count). The van der Waals surface area contributed by atoms with Crippen LogP contribution in [0.1, 0.15) is 6.42 Å². The molecule has 72 valence electrons. The third-order valence-corrected chi connectivity index (χ3v) is 2.81. The van der Waals surface area contributed by atoms with Crippen molar-refractivity contribution in [2.24, 2.45) is 17.8 Å². The SMILES string of the molecule is OC[C@H]1C[C@H](CO)[C@H](CO)C1O. The lowest BCUT2D eigenvalue weighted by Gasteiger charge is -2.18. The Labute approximate surface area is 71.5 Å². The Hall–Kier alpha value is -0.160. The second-order valence-corrected chi connectivity index (χ2v) is 3.46. The highest BCUT2D eigenvalue weighted by Gasteiger charge is 2.40. The smallest absolute Gasteiger partial charge is 0.0643 e. The van der Waals surface area contributed by atoms with Gasteiger partial charge in [-0.1, -0.05) is 0 Å². The first-order valence-electron chi connectivity index (χ1n) is 4.25. The van der Waals surface area contributed by atoms with Crippen LogP contribution in [0, 0.1) is 17.8 Å². The Kier molecular flexibility index (Phi) is 3.46. The maximum atomic E-state index is 9.52. The molecule has 0 aromatic heterocycles. The van der Waals surface area contributed by atoms with Crippen molar-refractivity contribution < 1.29 is 20.4 Å². The molecule has 0 amide bonds. The molecular formula is C8H16O4. The average Bonchev–Trinajstić information content (AvgIpc) is 2.41. The zero-order valence-electron chi connectivity index (χ0n) is 6.93. The van der Waals surface area contributed by atoms with Crippen molar-refractivity contribution >= 4 is 0 Å². The summed E-state index contributed by atoms with van der Waals surface area (Å²) in [6.45, 7) is -0.226. The molecule has 0 radical (unpaired) electrons. The van der Waals surface area contributed by atoms with Gasteiger partial charge >= 0.3 is 0 Å². The summed E-state index contributed by atoms with van der Waals surface area (Å²) >= 11 is 0. The molecule has 4 heteroatoms. The first-order valence-corrected chi connectivity index (χ1v) is 4.25. The van der Waals surface area contributed by atoms with Crippen molar-refractivity contribution in [3.05, 3.63) is 0 Å². The lowest BCUT2D eigenvalue weighted by Crippen LogP contribution is -2.28. The Morgan fingerprint density at radius 2 is 1.50 bits per heavy atom. The molecule has 1 saturated carbocycles. The molecule has 0 saturated heterocycles. The van der Waals surface area contributed by atoms with E-state index in [-0.39, 0.29) is 37.6 Å². The van der Waals surface area contributed by atoms with Crippen LogP contribution in [-0.4, -0.2) is 46.4 Å². The van der Waals surface area contributed by atoms with Crippen molar-refractivity contribution in [1.82, 2.24) is 0 Å². The molecule has 0 aromatic rings. The van der Waals surface area contributed by atoms with Crippen LogP contribution in [0.2, 0.25) is 0 Å². The largest absolute Gasteiger partial charge is 0.396 e. The highest BCUT2D eigenvalue weighted by molar-refractivity contribution is 4.89. The molecule has 4 nitrogen and oxygen atoms in total. The third-order valence-electron chi connectivity index (χ3n) is 2.81. The van der Waals surface area contributed by atoms with Gasteiger partial charge in [0.05, 0.1) is 6.10 Å². The summed E-state index contributed by atoms with van der Waals surface area (Å²) in [5, 5.41) is 36.2.